The molecule has 0 aromatic carbocycles. The predicted molar refractivity (Wildman–Crippen MR) is 119 cm³/mol. The summed E-state index contributed by atoms with van der Waals surface area (Å²) in [4.78, 5) is 35.4. The van der Waals surface area contributed by atoms with E-state index in [1.807, 2.05) is 0 Å². The molecule has 2 N–H and O–H groups in total. The molecule has 1 unspecified atom stereocenters. The zero-order valence-electron chi connectivity index (χ0n) is 19.4. The van der Waals surface area contributed by atoms with Crippen LogP contribution in [0.5, 0.6) is 0 Å². The summed E-state index contributed by atoms with van der Waals surface area (Å²) < 4.78 is 67.8. The molecule has 2 fully saturated rings. The van der Waals surface area contributed by atoms with Gasteiger partial charge >= 0.3 is 14.0 Å². The number of alkyl halides is 3. The van der Waals surface area contributed by atoms with Crippen LogP contribution in [0.4, 0.5) is 13.2 Å². The fraction of sp³-hybridized carbons (Fsp3) is 0.850. The van der Waals surface area contributed by atoms with Gasteiger partial charge in [0.25, 0.3) is 0 Å². The standard InChI is InChI=1S/C20H32F3N2O7PS/c1-13(26)34-11-10-24-16(27)8-9-25-18(28)17-19(2,3)12-30-33(29,32-17)31-15-6-4-14(5-7-15)20(21,22)23/h14-15,17H,4-12H2,1-3H3,(H,24,27)(H,25,28)/t14?,15?,17-,33?/m0/s1. The molecule has 0 spiro atoms. The number of phosphoric ester groups is 1. The van der Waals surface area contributed by atoms with Crippen molar-refractivity contribution in [1.29, 1.82) is 0 Å². The summed E-state index contributed by atoms with van der Waals surface area (Å²) >= 11 is 1.09. The molecule has 0 radical (unpaired) electrons. The van der Waals surface area contributed by atoms with Crippen LogP contribution < -0.4 is 10.6 Å². The van der Waals surface area contributed by atoms with E-state index in [9.17, 15) is 32.1 Å². The summed E-state index contributed by atoms with van der Waals surface area (Å²) in [5.41, 5.74) is -0.860. The van der Waals surface area contributed by atoms with Crippen LogP contribution in [0.25, 0.3) is 0 Å². The fourth-order valence-corrected chi connectivity index (χ4v) is 5.99. The van der Waals surface area contributed by atoms with Crippen LogP contribution in [0, 0.1) is 11.3 Å². The molecule has 1 saturated carbocycles. The van der Waals surface area contributed by atoms with Gasteiger partial charge in [-0.05, 0) is 25.7 Å². The van der Waals surface area contributed by atoms with Crippen LogP contribution in [0.15, 0.2) is 0 Å². The highest BCUT2D eigenvalue weighted by Crippen LogP contribution is 2.59. The summed E-state index contributed by atoms with van der Waals surface area (Å²) in [6, 6.07) is 0. The maximum Gasteiger partial charge on any atom is 0.475 e. The first-order valence-corrected chi connectivity index (χ1v) is 13.5. The Labute approximate surface area is 201 Å². The van der Waals surface area contributed by atoms with E-state index in [2.05, 4.69) is 10.6 Å². The molecule has 1 saturated heterocycles. The molecule has 196 valence electrons. The minimum atomic E-state index is -4.27. The second-order valence-electron chi connectivity index (χ2n) is 9.05. The second kappa shape index (κ2) is 12.2. The van der Waals surface area contributed by atoms with E-state index >= 15 is 0 Å². The molecule has 9 nitrogen and oxygen atoms in total. The van der Waals surface area contributed by atoms with Gasteiger partial charge in [0, 0.05) is 37.6 Å². The number of amides is 2. The van der Waals surface area contributed by atoms with Gasteiger partial charge < -0.3 is 10.6 Å². The number of rotatable bonds is 9. The third-order valence-electron chi connectivity index (χ3n) is 5.57. The molecule has 1 aliphatic heterocycles. The molecule has 2 rings (SSSR count). The quantitative estimate of drug-likeness (QED) is 0.342. The topological polar surface area (TPSA) is 120 Å². The third-order valence-corrected chi connectivity index (χ3v) is 7.86. The average molecular weight is 533 g/mol. The van der Waals surface area contributed by atoms with Gasteiger partial charge in [0.2, 0.25) is 11.8 Å². The Morgan fingerprint density at radius 1 is 1.12 bits per heavy atom. The Hall–Kier alpha value is -1.14. The van der Waals surface area contributed by atoms with Crippen LogP contribution in [-0.4, -0.2) is 60.8 Å². The van der Waals surface area contributed by atoms with Crippen molar-refractivity contribution in [3.05, 3.63) is 0 Å². The third kappa shape index (κ3) is 9.14. The van der Waals surface area contributed by atoms with E-state index in [4.69, 9.17) is 13.6 Å². The minimum absolute atomic E-state index is 0.00324. The number of hydrogen-bond acceptors (Lipinski definition) is 8. The monoisotopic (exact) mass is 532 g/mol. The van der Waals surface area contributed by atoms with Gasteiger partial charge in [0.1, 0.15) is 0 Å². The molecule has 0 bridgehead atoms. The number of nitrogens with one attached hydrogen (secondary N) is 2. The summed E-state index contributed by atoms with van der Waals surface area (Å²) in [6.07, 6.45) is -6.37. The highest BCUT2D eigenvalue weighted by atomic mass is 32.2. The SMILES string of the molecule is CC(=O)SCCNC(=O)CCNC(=O)[C@@H]1OP(=O)(OC2CCC(C(F)(F)F)CC2)OCC1(C)C. The average Bonchev–Trinajstić information content (AvgIpc) is 2.73. The van der Waals surface area contributed by atoms with Gasteiger partial charge in [-0.1, -0.05) is 25.6 Å². The predicted octanol–water partition coefficient (Wildman–Crippen LogP) is 3.58. The van der Waals surface area contributed by atoms with E-state index in [1.165, 1.54) is 6.92 Å². The number of carbonyl (C=O) groups is 3. The second-order valence-corrected chi connectivity index (χ2v) is 11.9. The Kier molecular flexibility index (Phi) is 10.4. The highest BCUT2D eigenvalue weighted by Gasteiger charge is 2.50. The largest absolute Gasteiger partial charge is 0.475 e. The maximum absolute atomic E-state index is 13.0. The number of carbonyl (C=O) groups excluding carboxylic acids is 3. The first-order chi connectivity index (χ1) is 15.7. The van der Waals surface area contributed by atoms with E-state index < -0.39 is 43.4 Å². The molecular weight excluding hydrogens is 500 g/mol. The van der Waals surface area contributed by atoms with Crippen LogP contribution in [0.2, 0.25) is 0 Å². The maximum atomic E-state index is 13.0. The molecule has 0 aromatic rings. The lowest BCUT2D eigenvalue weighted by Crippen LogP contribution is -2.50. The van der Waals surface area contributed by atoms with Crippen LogP contribution >= 0.6 is 19.6 Å². The Morgan fingerprint density at radius 3 is 2.35 bits per heavy atom. The lowest BCUT2D eigenvalue weighted by Gasteiger charge is -2.41. The van der Waals surface area contributed by atoms with Crippen LogP contribution in [-0.2, 0) is 32.5 Å². The molecule has 0 aromatic heterocycles. The number of halogens is 3. The van der Waals surface area contributed by atoms with Crippen molar-refractivity contribution >= 4 is 36.5 Å². The smallest absolute Gasteiger partial charge is 0.355 e. The van der Waals surface area contributed by atoms with Crippen molar-refractivity contribution in [1.82, 2.24) is 10.6 Å². The molecule has 2 atom stereocenters. The highest BCUT2D eigenvalue weighted by molar-refractivity contribution is 8.13. The van der Waals surface area contributed by atoms with Gasteiger partial charge in [-0.25, -0.2) is 4.57 Å². The minimum Gasteiger partial charge on any atom is -0.355 e. The summed E-state index contributed by atoms with van der Waals surface area (Å²) in [6.45, 7) is 4.99. The molecule has 34 heavy (non-hydrogen) atoms. The van der Waals surface area contributed by atoms with E-state index in [0.29, 0.717) is 12.3 Å². The van der Waals surface area contributed by atoms with Gasteiger partial charge in [-0.15, -0.1) is 0 Å². The van der Waals surface area contributed by atoms with Gasteiger partial charge in [0.05, 0.1) is 18.6 Å². The van der Waals surface area contributed by atoms with E-state index in [0.717, 1.165) is 11.8 Å². The number of phosphoric acid groups is 1. The first kappa shape index (κ1) is 29.1. The zero-order valence-corrected chi connectivity index (χ0v) is 21.2. The Morgan fingerprint density at radius 2 is 1.76 bits per heavy atom. The van der Waals surface area contributed by atoms with E-state index in [1.54, 1.807) is 13.8 Å². The molecule has 2 amide bonds. The first-order valence-electron chi connectivity index (χ1n) is 11.1. The summed E-state index contributed by atoms with van der Waals surface area (Å²) in [5.74, 6) is -1.87. The van der Waals surface area contributed by atoms with Gasteiger partial charge in [-0.2, -0.15) is 13.2 Å². The van der Waals surface area contributed by atoms with Crippen molar-refractivity contribution in [2.45, 2.75) is 71.3 Å². The van der Waals surface area contributed by atoms with Crippen molar-refractivity contribution in [2.75, 3.05) is 25.4 Å². The summed E-state index contributed by atoms with van der Waals surface area (Å²) in [7, 11) is -4.16. The van der Waals surface area contributed by atoms with Crippen molar-refractivity contribution < 1.29 is 45.7 Å². The zero-order chi connectivity index (χ0) is 25.6. The van der Waals surface area contributed by atoms with Crippen molar-refractivity contribution in [2.24, 2.45) is 11.3 Å². The number of thioether (sulfide) groups is 1. The van der Waals surface area contributed by atoms with Crippen LogP contribution in [0.3, 0.4) is 0 Å². The molecule has 1 aliphatic carbocycles. The Balaban J connectivity index is 1.82. The molecule has 14 heteroatoms. The van der Waals surface area contributed by atoms with Gasteiger partial charge in [-0.3, -0.25) is 28.0 Å². The van der Waals surface area contributed by atoms with Gasteiger partial charge in [0.15, 0.2) is 11.2 Å². The fourth-order valence-electron chi connectivity index (χ4n) is 3.63. The van der Waals surface area contributed by atoms with E-state index in [-0.39, 0.29) is 56.3 Å². The molecular formula is C20H32F3N2O7PS. The number of hydrogen-bond donors (Lipinski definition) is 2. The Bertz CT molecular complexity index is 789. The molecule has 2 aliphatic rings. The van der Waals surface area contributed by atoms with Crippen molar-refractivity contribution in [3.8, 4) is 0 Å². The lowest BCUT2D eigenvalue weighted by atomic mass is 9.87. The lowest BCUT2D eigenvalue weighted by molar-refractivity contribution is -0.186. The normalized spacial score (nSPS) is 29.3. The summed E-state index contributed by atoms with van der Waals surface area (Å²) in [5, 5.41) is 5.15. The molecule has 1 heterocycles. The van der Waals surface area contributed by atoms with Crippen molar-refractivity contribution in [3.63, 3.8) is 0 Å². The van der Waals surface area contributed by atoms with Crippen LogP contribution in [0.1, 0.15) is 52.9 Å².